The fraction of sp³-hybridized carbons (Fsp3) is 0.316. The number of pyridine rings is 1. The zero-order valence-electron chi connectivity index (χ0n) is 14.3. The van der Waals surface area contributed by atoms with Crippen LogP contribution in [0, 0.1) is 0 Å². The number of carbonyl (C=O) groups is 2. The minimum Gasteiger partial charge on any atom is -0.338 e. The standard InChI is InChI=1S/C19H22N4O2/c1-22(14-16-10-5-6-12-20-16)18(24)17-11-7-13-23(17)19(25)21-15-8-3-2-4-9-15/h2-6,8-10,12,17H,7,11,13-14H2,1H3,(H,21,25)/t17-/m1/s1. The minimum atomic E-state index is -0.419. The van der Waals surface area contributed by atoms with E-state index in [2.05, 4.69) is 10.3 Å². The molecule has 3 rings (SSSR count). The van der Waals surface area contributed by atoms with Crippen LogP contribution in [0.25, 0.3) is 0 Å². The van der Waals surface area contributed by atoms with Crippen molar-refractivity contribution in [3.63, 3.8) is 0 Å². The zero-order chi connectivity index (χ0) is 17.6. The van der Waals surface area contributed by atoms with E-state index in [1.165, 1.54) is 0 Å². The lowest BCUT2D eigenvalue weighted by molar-refractivity contribution is -0.134. The summed E-state index contributed by atoms with van der Waals surface area (Å²) in [5.74, 6) is -0.0497. The van der Waals surface area contributed by atoms with Crippen LogP contribution in [0.15, 0.2) is 54.7 Å². The third kappa shape index (κ3) is 4.15. The van der Waals surface area contributed by atoms with Crippen LogP contribution in [0.2, 0.25) is 0 Å². The van der Waals surface area contributed by atoms with E-state index < -0.39 is 6.04 Å². The molecule has 0 bridgehead atoms. The van der Waals surface area contributed by atoms with Crippen molar-refractivity contribution in [2.24, 2.45) is 0 Å². The van der Waals surface area contributed by atoms with E-state index >= 15 is 0 Å². The first-order valence-corrected chi connectivity index (χ1v) is 8.42. The highest BCUT2D eigenvalue weighted by atomic mass is 16.2. The number of carbonyl (C=O) groups excluding carboxylic acids is 2. The molecule has 1 N–H and O–H groups in total. The van der Waals surface area contributed by atoms with Crippen LogP contribution in [0.3, 0.4) is 0 Å². The second kappa shape index (κ2) is 7.79. The lowest BCUT2D eigenvalue weighted by Crippen LogP contribution is -2.47. The van der Waals surface area contributed by atoms with E-state index in [1.807, 2.05) is 48.5 Å². The van der Waals surface area contributed by atoms with Crippen molar-refractivity contribution in [3.05, 3.63) is 60.4 Å². The molecule has 0 unspecified atom stereocenters. The number of nitrogens with zero attached hydrogens (tertiary/aromatic N) is 3. The highest BCUT2D eigenvalue weighted by molar-refractivity contribution is 5.94. The largest absolute Gasteiger partial charge is 0.338 e. The van der Waals surface area contributed by atoms with Gasteiger partial charge in [0.25, 0.3) is 0 Å². The van der Waals surface area contributed by atoms with Crippen molar-refractivity contribution >= 4 is 17.6 Å². The number of amides is 3. The maximum atomic E-state index is 12.8. The second-order valence-electron chi connectivity index (χ2n) is 6.16. The van der Waals surface area contributed by atoms with Gasteiger partial charge in [0.05, 0.1) is 12.2 Å². The molecule has 0 saturated carbocycles. The van der Waals surface area contributed by atoms with Crippen LogP contribution in [-0.2, 0) is 11.3 Å². The van der Waals surface area contributed by atoms with Crippen LogP contribution in [0.4, 0.5) is 10.5 Å². The van der Waals surface area contributed by atoms with Crippen LogP contribution < -0.4 is 5.32 Å². The van der Waals surface area contributed by atoms with Gasteiger partial charge in [0.15, 0.2) is 0 Å². The number of anilines is 1. The highest BCUT2D eigenvalue weighted by Gasteiger charge is 2.35. The molecule has 0 aliphatic carbocycles. The molecule has 130 valence electrons. The Labute approximate surface area is 147 Å². The number of aromatic nitrogens is 1. The Morgan fingerprint density at radius 2 is 1.96 bits per heavy atom. The van der Waals surface area contributed by atoms with E-state index in [0.717, 1.165) is 17.8 Å². The lowest BCUT2D eigenvalue weighted by atomic mass is 10.2. The number of para-hydroxylation sites is 1. The summed E-state index contributed by atoms with van der Waals surface area (Å²) >= 11 is 0. The molecule has 6 nitrogen and oxygen atoms in total. The summed E-state index contributed by atoms with van der Waals surface area (Å²) in [6.07, 6.45) is 3.23. The molecule has 1 aromatic heterocycles. The molecule has 3 amide bonds. The molecule has 2 aromatic rings. The van der Waals surface area contributed by atoms with Gasteiger partial charge in [-0.2, -0.15) is 0 Å². The van der Waals surface area contributed by atoms with Gasteiger partial charge in [-0.1, -0.05) is 24.3 Å². The molecule has 1 fully saturated rings. The van der Waals surface area contributed by atoms with Crippen LogP contribution in [0.5, 0.6) is 0 Å². The van der Waals surface area contributed by atoms with Gasteiger partial charge in [0.2, 0.25) is 5.91 Å². The summed E-state index contributed by atoms with van der Waals surface area (Å²) in [7, 11) is 1.75. The molecule has 2 heterocycles. The fourth-order valence-electron chi connectivity index (χ4n) is 3.05. The van der Waals surface area contributed by atoms with Gasteiger partial charge in [0, 0.05) is 25.5 Å². The second-order valence-corrected chi connectivity index (χ2v) is 6.16. The number of hydrogen-bond acceptors (Lipinski definition) is 3. The lowest BCUT2D eigenvalue weighted by Gasteiger charge is -2.28. The molecule has 1 aliphatic heterocycles. The van der Waals surface area contributed by atoms with Gasteiger partial charge in [-0.15, -0.1) is 0 Å². The molecule has 0 spiro atoms. The van der Waals surface area contributed by atoms with E-state index in [0.29, 0.717) is 19.5 Å². The molecule has 25 heavy (non-hydrogen) atoms. The maximum Gasteiger partial charge on any atom is 0.322 e. The van der Waals surface area contributed by atoms with Gasteiger partial charge in [-0.05, 0) is 37.1 Å². The third-order valence-corrected chi connectivity index (χ3v) is 4.33. The number of benzene rings is 1. The van der Waals surface area contributed by atoms with Crippen molar-refractivity contribution in [3.8, 4) is 0 Å². The normalized spacial score (nSPS) is 16.5. The zero-order valence-corrected chi connectivity index (χ0v) is 14.3. The predicted molar refractivity (Wildman–Crippen MR) is 95.9 cm³/mol. The van der Waals surface area contributed by atoms with Crippen molar-refractivity contribution in [1.29, 1.82) is 0 Å². The number of hydrogen-bond donors (Lipinski definition) is 1. The molecule has 1 saturated heterocycles. The van der Waals surface area contributed by atoms with Crippen LogP contribution in [-0.4, -0.2) is 46.4 Å². The molecule has 0 radical (unpaired) electrons. The molecule has 1 aromatic carbocycles. The Morgan fingerprint density at radius 3 is 2.68 bits per heavy atom. The summed E-state index contributed by atoms with van der Waals surface area (Å²) in [4.78, 5) is 32.9. The number of rotatable bonds is 4. The maximum absolute atomic E-state index is 12.8. The number of urea groups is 1. The van der Waals surface area contributed by atoms with Crippen molar-refractivity contribution in [2.75, 3.05) is 18.9 Å². The van der Waals surface area contributed by atoms with E-state index in [4.69, 9.17) is 0 Å². The molecular formula is C19H22N4O2. The molecule has 6 heteroatoms. The quantitative estimate of drug-likeness (QED) is 0.932. The van der Waals surface area contributed by atoms with Crippen LogP contribution in [0.1, 0.15) is 18.5 Å². The van der Waals surface area contributed by atoms with Crippen LogP contribution >= 0.6 is 0 Å². The fourth-order valence-corrected chi connectivity index (χ4v) is 3.05. The smallest absolute Gasteiger partial charge is 0.322 e. The monoisotopic (exact) mass is 338 g/mol. The topological polar surface area (TPSA) is 65.5 Å². The summed E-state index contributed by atoms with van der Waals surface area (Å²) in [6, 6.07) is 14.3. The van der Waals surface area contributed by atoms with Gasteiger partial charge >= 0.3 is 6.03 Å². The van der Waals surface area contributed by atoms with Crippen molar-refractivity contribution in [2.45, 2.75) is 25.4 Å². The molecular weight excluding hydrogens is 316 g/mol. The number of likely N-dealkylation sites (tertiary alicyclic amines) is 1. The Kier molecular flexibility index (Phi) is 5.28. The average Bonchev–Trinajstić information content (AvgIpc) is 3.12. The predicted octanol–water partition coefficient (Wildman–Crippen LogP) is 2.74. The number of nitrogens with one attached hydrogen (secondary N) is 1. The van der Waals surface area contributed by atoms with Crippen molar-refractivity contribution in [1.82, 2.24) is 14.8 Å². The highest BCUT2D eigenvalue weighted by Crippen LogP contribution is 2.21. The summed E-state index contributed by atoms with van der Waals surface area (Å²) in [5, 5.41) is 2.86. The Balaban J connectivity index is 1.64. The Bertz CT molecular complexity index is 721. The molecule has 1 aliphatic rings. The van der Waals surface area contributed by atoms with E-state index in [1.54, 1.807) is 23.0 Å². The van der Waals surface area contributed by atoms with Crippen molar-refractivity contribution < 1.29 is 9.59 Å². The van der Waals surface area contributed by atoms with Gasteiger partial charge in [-0.25, -0.2) is 4.79 Å². The summed E-state index contributed by atoms with van der Waals surface area (Å²) in [5.41, 5.74) is 1.56. The SMILES string of the molecule is CN(Cc1ccccn1)C(=O)[C@H]1CCCN1C(=O)Nc1ccccc1. The Morgan fingerprint density at radius 1 is 1.20 bits per heavy atom. The Hall–Kier alpha value is -2.89. The van der Waals surface area contributed by atoms with Gasteiger partial charge < -0.3 is 15.1 Å². The first kappa shape index (κ1) is 17.0. The van der Waals surface area contributed by atoms with E-state index in [-0.39, 0.29) is 11.9 Å². The first-order chi connectivity index (χ1) is 12.1. The summed E-state index contributed by atoms with van der Waals surface area (Å²) in [6.45, 7) is 1.02. The summed E-state index contributed by atoms with van der Waals surface area (Å²) < 4.78 is 0. The number of likely N-dealkylation sites (N-methyl/N-ethyl adjacent to an activating group) is 1. The molecule has 1 atom stereocenters. The average molecular weight is 338 g/mol. The van der Waals surface area contributed by atoms with Gasteiger partial charge in [0.1, 0.15) is 6.04 Å². The minimum absolute atomic E-state index is 0.0497. The first-order valence-electron chi connectivity index (χ1n) is 8.42. The van der Waals surface area contributed by atoms with E-state index in [9.17, 15) is 9.59 Å². The third-order valence-electron chi connectivity index (χ3n) is 4.33. The van der Waals surface area contributed by atoms with Gasteiger partial charge in [-0.3, -0.25) is 9.78 Å².